The molecule has 0 aliphatic heterocycles. The van der Waals surface area contributed by atoms with Gasteiger partial charge in [-0.1, -0.05) is 11.6 Å². The minimum absolute atomic E-state index is 0.260. The van der Waals surface area contributed by atoms with Crippen LogP contribution < -0.4 is 9.46 Å². The Morgan fingerprint density at radius 2 is 2.00 bits per heavy atom. The quantitative estimate of drug-likeness (QED) is 0.687. The molecule has 3 rings (SSSR count). The first kappa shape index (κ1) is 17.8. The van der Waals surface area contributed by atoms with Crippen molar-refractivity contribution in [1.82, 2.24) is 9.71 Å². The van der Waals surface area contributed by atoms with Crippen molar-refractivity contribution in [1.29, 1.82) is 0 Å². The van der Waals surface area contributed by atoms with Crippen LogP contribution in [0.5, 0.6) is 5.75 Å². The highest BCUT2D eigenvalue weighted by Gasteiger charge is 2.17. The average Bonchev–Trinajstić information content (AvgIpc) is 2.96. The zero-order valence-electron chi connectivity index (χ0n) is 14.0. The van der Waals surface area contributed by atoms with Crippen molar-refractivity contribution in [3.63, 3.8) is 0 Å². The lowest BCUT2D eigenvalue weighted by molar-refractivity contribution is 0.414. The number of methoxy groups -OCH3 is 1. The fourth-order valence-corrected chi connectivity index (χ4v) is 4.23. The number of ether oxygens (including phenoxy) is 1. The van der Waals surface area contributed by atoms with E-state index in [0.29, 0.717) is 29.3 Å². The molecule has 0 aliphatic carbocycles. The van der Waals surface area contributed by atoms with Crippen LogP contribution in [0.2, 0.25) is 5.02 Å². The summed E-state index contributed by atoms with van der Waals surface area (Å²) in [5.41, 5.74) is 2.64. The number of rotatable bonds is 6. The number of hydrogen-bond donors (Lipinski definition) is 2. The van der Waals surface area contributed by atoms with E-state index in [1.54, 1.807) is 32.2 Å². The van der Waals surface area contributed by atoms with Gasteiger partial charge in [0.25, 0.3) is 0 Å². The molecule has 0 saturated carbocycles. The van der Waals surface area contributed by atoms with Crippen LogP contribution in [0.15, 0.2) is 47.5 Å². The highest BCUT2D eigenvalue weighted by atomic mass is 35.5. The van der Waals surface area contributed by atoms with Crippen LogP contribution in [0.4, 0.5) is 0 Å². The molecular formula is C18H19ClN2O3S. The SMILES string of the molecule is COc1ccc(S(=O)(=O)NCCc2c[nH]c3ccc(Cl)cc23)c(C)c1. The van der Waals surface area contributed by atoms with E-state index in [-0.39, 0.29) is 4.90 Å². The molecule has 5 nitrogen and oxygen atoms in total. The number of aromatic nitrogens is 1. The third-order valence-corrected chi connectivity index (χ3v) is 5.94. The zero-order chi connectivity index (χ0) is 18.0. The minimum Gasteiger partial charge on any atom is -0.497 e. The maximum absolute atomic E-state index is 12.5. The van der Waals surface area contributed by atoms with Crippen LogP contribution in [-0.4, -0.2) is 27.1 Å². The van der Waals surface area contributed by atoms with Crippen molar-refractivity contribution in [3.8, 4) is 5.75 Å². The monoisotopic (exact) mass is 378 g/mol. The summed E-state index contributed by atoms with van der Waals surface area (Å²) in [5, 5.41) is 1.66. The van der Waals surface area contributed by atoms with Crippen molar-refractivity contribution in [2.24, 2.45) is 0 Å². The van der Waals surface area contributed by atoms with Crippen LogP contribution >= 0.6 is 11.6 Å². The predicted octanol–water partition coefficient (Wildman–Crippen LogP) is 3.66. The molecule has 0 radical (unpaired) electrons. The number of fused-ring (bicyclic) bond motifs is 1. The largest absolute Gasteiger partial charge is 0.497 e. The summed E-state index contributed by atoms with van der Waals surface area (Å²) in [6.07, 6.45) is 2.45. The zero-order valence-corrected chi connectivity index (χ0v) is 15.5. The molecule has 0 saturated heterocycles. The van der Waals surface area contributed by atoms with Gasteiger partial charge in [0, 0.05) is 28.7 Å². The number of aryl methyl sites for hydroxylation is 1. The summed E-state index contributed by atoms with van der Waals surface area (Å²) in [5.74, 6) is 0.632. The second-order valence-electron chi connectivity index (χ2n) is 5.78. The fourth-order valence-electron chi connectivity index (χ4n) is 2.81. The highest BCUT2D eigenvalue weighted by Crippen LogP contribution is 2.23. The topological polar surface area (TPSA) is 71.2 Å². The Balaban J connectivity index is 1.73. The number of hydrogen-bond acceptors (Lipinski definition) is 3. The molecule has 2 N–H and O–H groups in total. The first-order valence-electron chi connectivity index (χ1n) is 7.80. The molecule has 1 aromatic heterocycles. The summed E-state index contributed by atoms with van der Waals surface area (Å²) in [4.78, 5) is 3.43. The lowest BCUT2D eigenvalue weighted by Crippen LogP contribution is -2.26. The van der Waals surface area contributed by atoms with Gasteiger partial charge in [-0.05, 0) is 60.9 Å². The van der Waals surface area contributed by atoms with Crippen LogP contribution in [0.25, 0.3) is 10.9 Å². The summed E-state index contributed by atoms with van der Waals surface area (Å²) >= 11 is 6.04. The predicted molar refractivity (Wildman–Crippen MR) is 99.9 cm³/mol. The van der Waals surface area contributed by atoms with Gasteiger partial charge in [0.15, 0.2) is 0 Å². The van der Waals surface area contributed by atoms with E-state index >= 15 is 0 Å². The van der Waals surface area contributed by atoms with E-state index < -0.39 is 10.0 Å². The molecule has 0 fully saturated rings. The number of sulfonamides is 1. The Kier molecular flexibility index (Phi) is 5.03. The van der Waals surface area contributed by atoms with Gasteiger partial charge in [0.1, 0.15) is 5.75 Å². The smallest absolute Gasteiger partial charge is 0.240 e. The van der Waals surface area contributed by atoms with E-state index in [4.69, 9.17) is 16.3 Å². The molecule has 0 spiro atoms. The van der Waals surface area contributed by atoms with Gasteiger partial charge in [0.05, 0.1) is 12.0 Å². The van der Waals surface area contributed by atoms with E-state index in [1.165, 1.54) is 0 Å². The first-order valence-corrected chi connectivity index (χ1v) is 9.66. The summed E-state index contributed by atoms with van der Waals surface area (Å²) in [7, 11) is -2.02. The lowest BCUT2D eigenvalue weighted by atomic mass is 10.1. The van der Waals surface area contributed by atoms with Crippen molar-refractivity contribution in [2.75, 3.05) is 13.7 Å². The van der Waals surface area contributed by atoms with Gasteiger partial charge >= 0.3 is 0 Å². The molecule has 3 aromatic rings. The van der Waals surface area contributed by atoms with E-state index in [1.807, 2.05) is 24.4 Å². The number of aromatic amines is 1. The molecule has 1 heterocycles. The molecule has 2 aromatic carbocycles. The Morgan fingerprint density at radius 1 is 1.20 bits per heavy atom. The first-order chi connectivity index (χ1) is 11.9. The lowest BCUT2D eigenvalue weighted by Gasteiger charge is -2.10. The van der Waals surface area contributed by atoms with Crippen molar-refractivity contribution in [2.45, 2.75) is 18.2 Å². The van der Waals surface area contributed by atoms with Gasteiger partial charge in [-0.25, -0.2) is 13.1 Å². The van der Waals surface area contributed by atoms with Crippen LogP contribution in [0.1, 0.15) is 11.1 Å². The van der Waals surface area contributed by atoms with Gasteiger partial charge < -0.3 is 9.72 Å². The normalized spacial score (nSPS) is 11.8. The third-order valence-electron chi connectivity index (χ3n) is 4.09. The second-order valence-corrected chi connectivity index (χ2v) is 7.95. The van der Waals surface area contributed by atoms with Crippen molar-refractivity contribution < 1.29 is 13.2 Å². The van der Waals surface area contributed by atoms with Gasteiger partial charge in [-0.15, -0.1) is 0 Å². The Labute approximate surface area is 152 Å². The molecule has 25 heavy (non-hydrogen) atoms. The Morgan fingerprint density at radius 3 is 2.72 bits per heavy atom. The van der Waals surface area contributed by atoms with Gasteiger partial charge in [-0.3, -0.25) is 0 Å². The van der Waals surface area contributed by atoms with Gasteiger partial charge in [-0.2, -0.15) is 0 Å². The summed E-state index contributed by atoms with van der Waals surface area (Å²) in [6, 6.07) is 10.5. The Bertz CT molecular complexity index is 1010. The van der Waals surface area contributed by atoms with Crippen LogP contribution in [0.3, 0.4) is 0 Å². The maximum atomic E-state index is 12.5. The molecule has 7 heteroatoms. The molecule has 0 bridgehead atoms. The van der Waals surface area contributed by atoms with Gasteiger partial charge in [0.2, 0.25) is 10.0 Å². The van der Waals surface area contributed by atoms with Crippen LogP contribution in [-0.2, 0) is 16.4 Å². The standard InChI is InChI=1S/C18H19ClN2O3S/c1-12-9-15(24-2)4-6-18(12)25(22,23)21-8-7-13-11-20-17-5-3-14(19)10-16(13)17/h3-6,9-11,20-21H,7-8H2,1-2H3. The highest BCUT2D eigenvalue weighted by molar-refractivity contribution is 7.89. The summed E-state index contributed by atoms with van der Waals surface area (Å²) in [6.45, 7) is 2.05. The molecule has 0 amide bonds. The van der Waals surface area contributed by atoms with Crippen molar-refractivity contribution in [3.05, 3.63) is 58.7 Å². The maximum Gasteiger partial charge on any atom is 0.240 e. The fraction of sp³-hybridized carbons (Fsp3) is 0.222. The molecule has 0 unspecified atom stereocenters. The van der Waals surface area contributed by atoms with E-state index in [0.717, 1.165) is 16.5 Å². The minimum atomic E-state index is -3.57. The number of H-pyrrole nitrogens is 1. The van der Waals surface area contributed by atoms with E-state index in [9.17, 15) is 8.42 Å². The summed E-state index contributed by atoms with van der Waals surface area (Å²) < 4.78 is 32.8. The average molecular weight is 379 g/mol. The molecular weight excluding hydrogens is 360 g/mol. The second kappa shape index (κ2) is 7.07. The van der Waals surface area contributed by atoms with E-state index in [2.05, 4.69) is 9.71 Å². The molecule has 0 atom stereocenters. The Hall–Kier alpha value is -2.02. The number of nitrogens with one attached hydrogen (secondary N) is 2. The number of benzene rings is 2. The third kappa shape index (κ3) is 3.81. The number of halogens is 1. The molecule has 0 aliphatic rings. The van der Waals surface area contributed by atoms with Crippen LogP contribution in [0, 0.1) is 6.92 Å². The van der Waals surface area contributed by atoms with Crippen molar-refractivity contribution >= 4 is 32.5 Å². The molecule has 132 valence electrons.